The molecule has 1 N–H and O–H groups in total. The number of hydrogen-bond donors (Lipinski definition) is 1. The number of para-hydroxylation sites is 2. The van der Waals surface area contributed by atoms with Crippen LogP contribution in [0.3, 0.4) is 0 Å². The summed E-state index contributed by atoms with van der Waals surface area (Å²) in [6.07, 6.45) is 1.49. The van der Waals surface area contributed by atoms with Gasteiger partial charge >= 0.3 is 18.0 Å². The van der Waals surface area contributed by atoms with E-state index in [1.54, 1.807) is 14.2 Å². The number of esters is 2. The van der Waals surface area contributed by atoms with Crippen LogP contribution in [0.15, 0.2) is 48.5 Å². The van der Waals surface area contributed by atoms with Crippen LogP contribution in [0.2, 0.25) is 0 Å². The number of rotatable bonds is 22. The van der Waals surface area contributed by atoms with Gasteiger partial charge in [0, 0.05) is 57.6 Å². The lowest BCUT2D eigenvalue weighted by Crippen LogP contribution is -2.48. The normalized spacial score (nSPS) is 12.7. The van der Waals surface area contributed by atoms with Crippen LogP contribution in [0, 0.1) is 0 Å². The van der Waals surface area contributed by atoms with E-state index < -0.39 is 22.9 Å². The topological polar surface area (TPSA) is 134 Å². The Morgan fingerprint density at radius 3 is 1.63 bits per heavy atom. The van der Waals surface area contributed by atoms with Crippen LogP contribution < -0.4 is 14.8 Å². The summed E-state index contributed by atoms with van der Waals surface area (Å²) in [7, 11) is 3.12. The van der Waals surface area contributed by atoms with Crippen LogP contribution >= 0.6 is 0 Å². The Morgan fingerprint density at radius 1 is 0.648 bits per heavy atom. The molecule has 0 fully saturated rings. The lowest BCUT2D eigenvalue weighted by atomic mass is 10.0. The van der Waals surface area contributed by atoms with Crippen molar-refractivity contribution in [1.29, 1.82) is 0 Å². The fraction of sp³-hybridized carbons (Fsp3) is 0.634. The van der Waals surface area contributed by atoms with E-state index in [1.807, 2.05) is 116 Å². The Kier molecular flexibility index (Phi) is 19.2. The predicted molar refractivity (Wildman–Crippen MR) is 207 cm³/mol. The van der Waals surface area contributed by atoms with Gasteiger partial charge in [-0.15, -0.1) is 0 Å². The molecule has 0 radical (unpaired) electrons. The highest BCUT2D eigenvalue weighted by atomic mass is 16.7. The maximum atomic E-state index is 13.5. The van der Waals surface area contributed by atoms with Crippen molar-refractivity contribution < 1.29 is 47.5 Å². The fourth-order valence-corrected chi connectivity index (χ4v) is 5.55. The molecule has 0 spiro atoms. The summed E-state index contributed by atoms with van der Waals surface area (Å²) in [6, 6.07) is 15.0. The van der Waals surface area contributed by atoms with Gasteiger partial charge in [0.05, 0.1) is 13.1 Å². The summed E-state index contributed by atoms with van der Waals surface area (Å²) >= 11 is 0. The number of methoxy groups -OCH3 is 2. The quantitative estimate of drug-likeness (QED) is 0.0593. The summed E-state index contributed by atoms with van der Waals surface area (Å²) in [5.74, 6) is 0.498. The predicted octanol–water partition coefficient (Wildman–Crippen LogP) is 6.70. The number of hydrogen-bond acceptors (Lipinski definition) is 12. The second-order valence-electron chi connectivity index (χ2n) is 16.1. The van der Waals surface area contributed by atoms with Gasteiger partial charge in [0.1, 0.15) is 28.3 Å². The van der Waals surface area contributed by atoms with Crippen LogP contribution in [-0.4, -0.2) is 105 Å². The van der Waals surface area contributed by atoms with E-state index in [2.05, 4.69) is 10.2 Å². The van der Waals surface area contributed by atoms with Gasteiger partial charge in [-0.3, -0.25) is 19.4 Å². The van der Waals surface area contributed by atoms with Gasteiger partial charge in [-0.2, -0.15) is 0 Å². The average molecular weight is 760 g/mol. The molecular formula is C41H65N3O10. The summed E-state index contributed by atoms with van der Waals surface area (Å²) in [6.45, 7) is 18.0. The zero-order chi connectivity index (χ0) is 40.4. The van der Waals surface area contributed by atoms with E-state index in [1.165, 1.54) is 0 Å². The maximum absolute atomic E-state index is 13.5. The molecule has 0 saturated carbocycles. The van der Waals surface area contributed by atoms with E-state index in [-0.39, 0.29) is 44.7 Å². The van der Waals surface area contributed by atoms with E-state index >= 15 is 0 Å². The van der Waals surface area contributed by atoms with Gasteiger partial charge < -0.3 is 38.5 Å². The molecule has 13 heteroatoms. The minimum absolute atomic E-state index is 0.0135. The van der Waals surface area contributed by atoms with Crippen molar-refractivity contribution in [3.63, 3.8) is 0 Å². The molecular weight excluding hydrogens is 694 g/mol. The van der Waals surface area contributed by atoms with Crippen molar-refractivity contribution in [3.05, 3.63) is 59.7 Å². The van der Waals surface area contributed by atoms with E-state index in [4.69, 9.17) is 33.2 Å². The van der Waals surface area contributed by atoms with Crippen molar-refractivity contribution >= 4 is 18.0 Å². The first-order valence-corrected chi connectivity index (χ1v) is 18.5. The molecule has 0 aliphatic carbocycles. The molecule has 2 aromatic rings. The van der Waals surface area contributed by atoms with E-state index in [0.29, 0.717) is 56.9 Å². The molecule has 0 aromatic heterocycles. The van der Waals surface area contributed by atoms with Gasteiger partial charge in [-0.05, 0) is 87.3 Å². The lowest BCUT2D eigenvalue weighted by Gasteiger charge is -2.36. The molecule has 1 amide bonds. The molecule has 304 valence electrons. The highest BCUT2D eigenvalue weighted by Crippen LogP contribution is 2.25. The molecule has 0 aliphatic rings. The Labute approximate surface area is 322 Å². The fourth-order valence-electron chi connectivity index (χ4n) is 5.55. The number of carbonyl (C=O) groups excluding carboxylic acids is 3. The number of nitrogens with one attached hydrogen (secondary N) is 1. The highest BCUT2D eigenvalue weighted by molar-refractivity contribution is 5.72. The van der Waals surface area contributed by atoms with Crippen molar-refractivity contribution in [2.75, 3.05) is 54.0 Å². The largest absolute Gasteiger partial charge is 0.467 e. The molecule has 0 bridgehead atoms. The first kappa shape index (κ1) is 46.2. The molecule has 0 saturated heterocycles. The zero-order valence-corrected chi connectivity index (χ0v) is 34.5. The first-order valence-electron chi connectivity index (χ1n) is 18.5. The maximum Gasteiger partial charge on any atom is 0.407 e. The Hall–Kier alpha value is -3.91. The molecule has 0 heterocycles. The van der Waals surface area contributed by atoms with E-state index in [0.717, 1.165) is 11.1 Å². The van der Waals surface area contributed by atoms with Crippen LogP contribution in [0.4, 0.5) is 4.79 Å². The van der Waals surface area contributed by atoms with E-state index in [9.17, 15) is 14.4 Å². The van der Waals surface area contributed by atoms with Crippen LogP contribution in [-0.2, 0) is 46.4 Å². The number of amides is 1. The summed E-state index contributed by atoms with van der Waals surface area (Å²) in [4.78, 5) is 43.4. The van der Waals surface area contributed by atoms with Crippen molar-refractivity contribution in [2.45, 2.75) is 118 Å². The number of nitrogens with zero attached hydrogens (tertiary/aromatic N) is 2. The standard InChI is InChI=1S/C41H65N3O10/c1-39(2,3)52-36(45)27-43(24-31-18-12-14-21-34(31)50-29-48-10)26-33(20-16-17-23-42-38(47)54-41(7,8)9)44(28-37(46)53-40(4,5)6)25-32-19-13-15-22-35(32)51-30-49-11/h12-15,18-19,21-22,33H,16-17,20,23-30H2,1-11H3,(H,42,47). The van der Waals surface area contributed by atoms with Crippen molar-refractivity contribution in [2.24, 2.45) is 0 Å². The number of alkyl carbamates (subject to hydrolysis) is 1. The first-order chi connectivity index (χ1) is 25.3. The van der Waals surface area contributed by atoms with Gasteiger partial charge in [0.2, 0.25) is 0 Å². The van der Waals surface area contributed by atoms with Gasteiger partial charge in [-0.25, -0.2) is 4.79 Å². The van der Waals surface area contributed by atoms with Crippen molar-refractivity contribution in [1.82, 2.24) is 15.1 Å². The zero-order valence-electron chi connectivity index (χ0n) is 34.5. The van der Waals surface area contributed by atoms with Crippen LogP contribution in [0.5, 0.6) is 11.5 Å². The highest BCUT2D eigenvalue weighted by Gasteiger charge is 2.29. The molecule has 1 unspecified atom stereocenters. The third-order valence-corrected chi connectivity index (χ3v) is 7.52. The second-order valence-corrected chi connectivity index (χ2v) is 16.1. The number of ether oxygens (including phenoxy) is 7. The molecule has 2 aromatic carbocycles. The lowest BCUT2D eigenvalue weighted by molar-refractivity contribution is -0.159. The van der Waals surface area contributed by atoms with Crippen LogP contribution in [0.1, 0.15) is 92.7 Å². The number of carbonyl (C=O) groups is 3. The average Bonchev–Trinajstić information content (AvgIpc) is 3.04. The van der Waals surface area contributed by atoms with Gasteiger partial charge in [0.15, 0.2) is 13.6 Å². The smallest absolute Gasteiger partial charge is 0.407 e. The SMILES string of the molecule is COCOc1ccccc1CN(CC(=O)OC(C)(C)C)CC(CCCCNC(=O)OC(C)(C)C)N(CC(=O)OC(C)(C)C)Cc1ccccc1OCOC. The summed E-state index contributed by atoms with van der Waals surface area (Å²) in [5.41, 5.74) is -0.273. The Bertz CT molecular complexity index is 1430. The third kappa shape index (κ3) is 20.0. The molecule has 0 aliphatic heterocycles. The van der Waals surface area contributed by atoms with Crippen molar-refractivity contribution in [3.8, 4) is 11.5 Å². The summed E-state index contributed by atoms with van der Waals surface area (Å²) in [5, 5.41) is 2.84. The third-order valence-electron chi connectivity index (χ3n) is 7.52. The monoisotopic (exact) mass is 759 g/mol. The Balaban J connectivity index is 2.55. The number of benzene rings is 2. The van der Waals surface area contributed by atoms with Crippen LogP contribution in [0.25, 0.3) is 0 Å². The summed E-state index contributed by atoms with van der Waals surface area (Å²) < 4.78 is 39.2. The number of unbranched alkanes of at least 4 members (excludes halogenated alkanes) is 1. The van der Waals surface area contributed by atoms with Gasteiger partial charge in [-0.1, -0.05) is 42.8 Å². The molecule has 54 heavy (non-hydrogen) atoms. The molecule has 13 nitrogen and oxygen atoms in total. The molecule has 1 atom stereocenters. The minimum atomic E-state index is -0.695. The Morgan fingerprint density at radius 2 is 1.13 bits per heavy atom. The second kappa shape index (κ2) is 22.5. The minimum Gasteiger partial charge on any atom is -0.467 e. The molecule has 2 rings (SSSR count). The van der Waals surface area contributed by atoms with Gasteiger partial charge in [0.25, 0.3) is 0 Å².